The fourth-order valence-corrected chi connectivity index (χ4v) is 4.80. The Hall–Kier alpha value is -3.99. The van der Waals surface area contributed by atoms with Crippen LogP contribution < -0.4 is 5.32 Å². The highest BCUT2D eigenvalue weighted by Gasteiger charge is 2.39. The van der Waals surface area contributed by atoms with Crippen molar-refractivity contribution in [3.63, 3.8) is 0 Å². The van der Waals surface area contributed by atoms with Crippen molar-refractivity contribution in [1.29, 1.82) is 0 Å². The lowest BCUT2D eigenvalue weighted by molar-refractivity contribution is -0.388. The van der Waals surface area contributed by atoms with E-state index in [2.05, 4.69) is 10.3 Å². The summed E-state index contributed by atoms with van der Waals surface area (Å²) >= 11 is 7.21. The van der Waals surface area contributed by atoms with E-state index in [1.54, 1.807) is 22.6 Å². The summed E-state index contributed by atoms with van der Waals surface area (Å²) < 4.78 is 87.6. The maximum absolute atomic E-state index is 14.5. The van der Waals surface area contributed by atoms with Gasteiger partial charge in [-0.15, -0.1) is 0 Å². The van der Waals surface area contributed by atoms with Crippen LogP contribution in [0.15, 0.2) is 60.2 Å². The van der Waals surface area contributed by atoms with Gasteiger partial charge < -0.3 is 10.1 Å². The SMILES string of the molecule is O=C(Nc1ccc([N+](=O)[O-])c(C(F)(F)F)c1)C1=CC(c2ccc(F)cc2F)=CCC1OC(=O)c1cc(F)c(Cl)nc1I. The van der Waals surface area contributed by atoms with Gasteiger partial charge in [0.25, 0.3) is 11.6 Å². The summed E-state index contributed by atoms with van der Waals surface area (Å²) in [7, 11) is 0. The largest absolute Gasteiger partial charge is 0.453 e. The van der Waals surface area contributed by atoms with E-state index in [0.717, 1.165) is 30.3 Å². The molecular weight excluding hydrogens is 711 g/mol. The average Bonchev–Trinajstić information content (AvgIpc) is 2.90. The predicted octanol–water partition coefficient (Wildman–Crippen LogP) is 7.26. The van der Waals surface area contributed by atoms with Crippen molar-refractivity contribution in [2.75, 3.05) is 5.32 Å². The molecule has 0 bridgehead atoms. The van der Waals surface area contributed by atoms with Crippen molar-refractivity contribution < 1.29 is 45.6 Å². The molecule has 1 atom stereocenters. The van der Waals surface area contributed by atoms with Crippen LogP contribution in [0.25, 0.3) is 5.57 Å². The van der Waals surface area contributed by atoms with Crippen LogP contribution in [0, 0.1) is 31.3 Å². The molecule has 1 aromatic heterocycles. The molecular formula is C26H13ClF6IN3O5. The second kappa shape index (κ2) is 12.1. The minimum atomic E-state index is -5.14. The van der Waals surface area contributed by atoms with Crippen molar-refractivity contribution >= 4 is 63.0 Å². The second-order valence-corrected chi connectivity index (χ2v) is 9.93. The summed E-state index contributed by atoms with van der Waals surface area (Å²) in [4.78, 5) is 39.7. The number of ether oxygens (including phenoxy) is 1. The second-order valence-electron chi connectivity index (χ2n) is 8.55. The van der Waals surface area contributed by atoms with Crippen molar-refractivity contribution in [2.24, 2.45) is 0 Å². The van der Waals surface area contributed by atoms with Crippen LogP contribution >= 0.6 is 34.2 Å². The number of nitrogens with zero attached hydrogens (tertiary/aromatic N) is 2. The maximum Gasteiger partial charge on any atom is 0.423 e. The third-order valence-corrected chi connectivity index (χ3v) is 6.91. The number of allylic oxidation sites excluding steroid dienone is 2. The van der Waals surface area contributed by atoms with Gasteiger partial charge in [0, 0.05) is 29.8 Å². The summed E-state index contributed by atoms with van der Waals surface area (Å²) in [5, 5.41) is 12.7. The highest BCUT2D eigenvalue weighted by Crippen LogP contribution is 2.38. The molecule has 1 unspecified atom stereocenters. The van der Waals surface area contributed by atoms with Gasteiger partial charge in [-0.2, -0.15) is 13.2 Å². The molecule has 3 aromatic rings. The lowest BCUT2D eigenvalue weighted by Gasteiger charge is -2.24. The summed E-state index contributed by atoms with van der Waals surface area (Å²) in [6.45, 7) is 0. The van der Waals surface area contributed by atoms with E-state index in [1.807, 2.05) is 0 Å². The zero-order valence-electron chi connectivity index (χ0n) is 20.4. The fourth-order valence-electron chi connectivity index (χ4n) is 3.90. The van der Waals surface area contributed by atoms with Gasteiger partial charge in [-0.3, -0.25) is 14.9 Å². The number of nitro benzene ring substituents is 1. The van der Waals surface area contributed by atoms with E-state index >= 15 is 0 Å². The van der Waals surface area contributed by atoms with Crippen LogP contribution in [-0.4, -0.2) is 27.9 Å². The average molecular weight is 724 g/mol. The van der Waals surface area contributed by atoms with Gasteiger partial charge in [0.2, 0.25) is 0 Å². The van der Waals surface area contributed by atoms with Crippen LogP contribution in [0.4, 0.5) is 37.7 Å². The lowest BCUT2D eigenvalue weighted by atomic mass is 9.91. The molecule has 1 N–H and O–H groups in total. The lowest BCUT2D eigenvalue weighted by Crippen LogP contribution is -2.30. The summed E-state index contributed by atoms with van der Waals surface area (Å²) in [6.07, 6.45) is -4.37. The molecule has 0 saturated carbocycles. The van der Waals surface area contributed by atoms with E-state index in [9.17, 15) is 46.0 Å². The molecule has 0 fully saturated rings. The number of carbonyl (C=O) groups is 2. The Kier molecular flexibility index (Phi) is 8.91. The molecule has 16 heteroatoms. The third kappa shape index (κ3) is 6.73. The number of aromatic nitrogens is 1. The number of benzene rings is 2. The number of esters is 1. The standard InChI is InChI=1S/C26H13ClF6IN3O5/c27-22-19(30)10-16(23(34)36-22)25(39)42-21-6-1-11(14-4-2-12(28)8-18(14)29)7-15(21)24(38)35-13-3-5-20(37(40)41)17(9-13)26(31,32)33/h1-5,7-10,21H,6H2,(H,35,38). The zero-order valence-corrected chi connectivity index (χ0v) is 23.4. The monoisotopic (exact) mass is 723 g/mol. The molecule has 218 valence electrons. The van der Waals surface area contributed by atoms with E-state index in [-0.39, 0.29) is 32.4 Å². The molecule has 0 spiro atoms. The predicted molar refractivity (Wildman–Crippen MR) is 145 cm³/mol. The summed E-state index contributed by atoms with van der Waals surface area (Å²) in [6, 6.07) is 5.15. The van der Waals surface area contributed by atoms with Gasteiger partial charge >= 0.3 is 12.1 Å². The molecule has 42 heavy (non-hydrogen) atoms. The first-order chi connectivity index (χ1) is 19.6. The van der Waals surface area contributed by atoms with Crippen LogP contribution in [0.3, 0.4) is 0 Å². The van der Waals surface area contributed by atoms with E-state index in [0.29, 0.717) is 18.2 Å². The number of pyridine rings is 1. The number of anilines is 1. The summed E-state index contributed by atoms with van der Waals surface area (Å²) in [5.41, 5.74) is -4.19. The Morgan fingerprint density at radius 3 is 2.45 bits per heavy atom. The molecule has 1 heterocycles. The molecule has 0 aliphatic heterocycles. The minimum absolute atomic E-state index is 0.0371. The summed E-state index contributed by atoms with van der Waals surface area (Å²) in [5.74, 6) is -5.15. The number of hydrogen-bond donors (Lipinski definition) is 1. The quantitative estimate of drug-likeness (QED) is 0.0716. The first-order valence-electron chi connectivity index (χ1n) is 11.4. The van der Waals surface area contributed by atoms with Gasteiger partial charge in [0.1, 0.15) is 27.0 Å². The fraction of sp³-hybridized carbons (Fsp3) is 0.115. The number of hydrogen-bond acceptors (Lipinski definition) is 6. The Labute approximate surface area is 250 Å². The first-order valence-corrected chi connectivity index (χ1v) is 12.9. The van der Waals surface area contributed by atoms with Crippen molar-refractivity contribution in [3.8, 4) is 0 Å². The van der Waals surface area contributed by atoms with E-state index < -0.39 is 68.6 Å². The Morgan fingerprint density at radius 1 is 1.10 bits per heavy atom. The van der Waals surface area contributed by atoms with Gasteiger partial charge in [0.05, 0.1) is 16.1 Å². The molecule has 8 nitrogen and oxygen atoms in total. The van der Waals surface area contributed by atoms with Gasteiger partial charge in [0.15, 0.2) is 11.0 Å². The minimum Gasteiger partial charge on any atom is -0.453 e. The first kappa shape index (κ1) is 31.0. The number of rotatable bonds is 6. The van der Waals surface area contributed by atoms with Crippen molar-refractivity contribution in [3.05, 3.63) is 113 Å². The Bertz CT molecular complexity index is 1700. The molecule has 2 aromatic carbocycles. The number of alkyl halides is 3. The normalized spacial score (nSPS) is 15.0. The van der Waals surface area contributed by atoms with Gasteiger partial charge in [-0.25, -0.2) is 22.9 Å². The highest BCUT2D eigenvalue weighted by atomic mass is 127. The Balaban J connectivity index is 1.71. The molecule has 0 radical (unpaired) electrons. The zero-order chi connectivity index (χ0) is 30.9. The maximum atomic E-state index is 14.5. The number of halogens is 8. The number of carbonyl (C=O) groups excluding carboxylic acids is 2. The Morgan fingerprint density at radius 2 is 1.81 bits per heavy atom. The van der Waals surface area contributed by atoms with Crippen LogP contribution in [0.1, 0.15) is 27.9 Å². The third-order valence-electron chi connectivity index (χ3n) is 5.83. The van der Waals surface area contributed by atoms with Gasteiger partial charge in [-0.05, 0) is 64.6 Å². The number of nitro groups is 1. The van der Waals surface area contributed by atoms with Crippen molar-refractivity contribution in [1.82, 2.24) is 4.98 Å². The van der Waals surface area contributed by atoms with E-state index in [4.69, 9.17) is 16.3 Å². The number of nitrogens with one attached hydrogen (secondary N) is 1. The highest BCUT2D eigenvalue weighted by molar-refractivity contribution is 14.1. The van der Waals surface area contributed by atoms with Crippen LogP contribution in [0.2, 0.25) is 5.15 Å². The molecule has 1 amide bonds. The molecule has 4 rings (SSSR count). The molecule has 1 aliphatic rings. The molecule has 1 aliphatic carbocycles. The van der Waals surface area contributed by atoms with E-state index in [1.165, 1.54) is 6.08 Å². The smallest absolute Gasteiger partial charge is 0.423 e. The topological polar surface area (TPSA) is 111 Å². The van der Waals surface area contributed by atoms with Gasteiger partial charge in [-0.1, -0.05) is 17.7 Å². The van der Waals surface area contributed by atoms with Crippen LogP contribution in [0.5, 0.6) is 0 Å². The van der Waals surface area contributed by atoms with Crippen LogP contribution in [-0.2, 0) is 15.7 Å². The number of amides is 1. The molecule has 0 saturated heterocycles. The van der Waals surface area contributed by atoms with Crippen molar-refractivity contribution in [2.45, 2.75) is 18.7 Å².